The average molecular weight is 310 g/mol. The highest BCUT2D eigenvalue weighted by Crippen LogP contribution is 2.40. The summed E-state index contributed by atoms with van der Waals surface area (Å²) in [5.41, 5.74) is 1.56. The SMILES string of the molecule is CC(C)(C)C1CCC(Cc2ccc(S(=O)(=O)O)cc2)CC1. The van der Waals surface area contributed by atoms with Gasteiger partial charge in [-0.15, -0.1) is 0 Å². The van der Waals surface area contributed by atoms with Crippen LogP contribution in [0.25, 0.3) is 0 Å². The summed E-state index contributed by atoms with van der Waals surface area (Å²) in [6.07, 6.45) is 6.08. The topological polar surface area (TPSA) is 54.4 Å². The summed E-state index contributed by atoms with van der Waals surface area (Å²) in [6, 6.07) is 6.62. The van der Waals surface area contributed by atoms with Crippen molar-refractivity contribution in [3.8, 4) is 0 Å². The molecule has 0 radical (unpaired) electrons. The quantitative estimate of drug-likeness (QED) is 0.845. The van der Waals surface area contributed by atoms with Crippen molar-refractivity contribution >= 4 is 10.1 Å². The van der Waals surface area contributed by atoms with Gasteiger partial charge in [-0.2, -0.15) is 8.42 Å². The fourth-order valence-electron chi connectivity index (χ4n) is 3.36. The summed E-state index contributed by atoms with van der Waals surface area (Å²) < 4.78 is 31.0. The molecule has 2 rings (SSSR count). The standard InChI is InChI=1S/C17H26O3S/c1-17(2,3)15-8-4-13(5-9-15)12-14-6-10-16(11-7-14)21(18,19)20/h6-7,10-11,13,15H,4-5,8-9,12H2,1-3H3,(H,18,19,20). The van der Waals surface area contributed by atoms with Crippen LogP contribution in [0.15, 0.2) is 29.2 Å². The molecular formula is C17H26O3S. The second-order valence-corrected chi connectivity index (χ2v) is 8.83. The molecule has 0 amide bonds. The van der Waals surface area contributed by atoms with Crippen molar-refractivity contribution in [3.63, 3.8) is 0 Å². The zero-order valence-corrected chi connectivity index (χ0v) is 14.0. The first kappa shape index (κ1) is 16.5. The zero-order valence-electron chi connectivity index (χ0n) is 13.2. The first-order valence-corrected chi connectivity index (χ1v) is 9.16. The first-order chi connectivity index (χ1) is 9.66. The summed E-state index contributed by atoms with van der Waals surface area (Å²) in [7, 11) is -4.08. The lowest BCUT2D eigenvalue weighted by molar-refractivity contribution is 0.150. The van der Waals surface area contributed by atoms with Gasteiger partial charge in [0.1, 0.15) is 0 Å². The van der Waals surface area contributed by atoms with Gasteiger partial charge in [-0.1, -0.05) is 32.9 Å². The molecule has 0 saturated heterocycles. The van der Waals surface area contributed by atoms with E-state index in [4.69, 9.17) is 4.55 Å². The largest absolute Gasteiger partial charge is 0.294 e. The first-order valence-electron chi connectivity index (χ1n) is 7.72. The highest BCUT2D eigenvalue weighted by Gasteiger charge is 2.29. The van der Waals surface area contributed by atoms with Gasteiger partial charge in [-0.05, 0) is 67.1 Å². The van der Waals surface area contributed by atoms with Gasteiger partial charge in [0.15, 0.2) is 0 Å². The Morgan fingerprint density at radius 3 is 2.00 bits per heavy atom. The molecule has 0 aliphatic heterocycles. The Morgan fingerprint density at radius 1 is 1.05 bits per heavy atom. The van der Waals surface area contributed by atoms with Crippen LogP contribution in [0.3, 0.4) is 0 Å². The van der Waals surface area contributed by atoms with Crippen LogP contribution in [0, 0.1) is 17.3 Å². The molecule has 1 aromatic rings. The number of hydrogen-bond acceptors (Lipinski definition) is 2. The van der Waals surface area contributed by atoms with E-state index in [1.807, 2.05) is 12.1 Å². The van der Waals surface area contributed by atoms with Gasteiger partial charge in [0.05, 0.1) is 4.90 Å². The third kappa shape index (κ3) is 4.55. The second kappa shape index (κ2) is 6.09. The maximum absolute atomic E-state index is 11.0. The van der Waals surface area contributed by atoms with E-state index in [9.17, 15) is 8.42 Å². The Bertz CT molecular complexity index is 559. The van der Waals surface area contributed by atoms with Crippen LogP contribution >= 0.6 is 0 Å². The van der Waals surface area contributed by atoms with Crippen molar-refractivity contribution in [3.05, 3.63) is 29.8 Å². The molecule has 1 aromatic carbocycles. The molecule has 1 fully saturated rings. The second-order valence-electron chi connectivity index (χ2n) is 7.41. The highest BCUT2D eigenvalue weighted by atomic mass is 32.2. The molecule has 0 spiro atoms. The molecule has 0 unspecified atom stereocenters. The van der Waals surface area contributed by atoms with Gasteiger partial charge >= 0.3 is 0 Å². The smallest absolute Gasteiger partial charge is 0.282 e. The minimum absolute atomic E-state index is 0.0253. The van der Waals surface area contributed by atoms with E-state index in [-0.39, 0.29) is 4.90 Å². The van der Waals surface area contributed by atoms with E-state index < -0.39 is 10.1 Å². The molecule has 21 heavy (non-hydrogen) atoms. The Balaban J connectivity index is 1.92. The average Bonchev–Trinajstić information content (AvgIpc) is 2.38. The van der Waals surface area contributed by atoms with Crippen LogP contribution in [-0.4, -0.2) is 13.0 Å². The number of rotatable bonds is 3. The van der Waals surface area contributed by atoms with E-state index >= 15 is 0 Å². The summed E-state index contributed by atoms with van der Waals surface area (Å²) in [5.74, 6) is 1.51. The monoisotopic (exact) mass is 310 g/mol. The minimum Gasteiger partial charge on any atom is -0.282 e. The fourth-order valence-corrected chi connectivity index (χ4v) is 3.84. The van der Waals surface area contributed by atoms with E-state index in [0.717, 1.165) is 17.9 Å². The Kier molecular flexibility index (Phi) is 4.79. The van der Waals surface area contributed by atoms with Crippen molar-refractivity contribution in [2.75, 3.05) is 0 Å². The third-order valence-corrected chi connectivity index (χ3v) is 5.68. The zero-order chi connectivity index (χ0) is 15.7. The number of benzene rings is 1. The Hall–Kier alpha value is -0.870. The van der Waals surface area contributed by atoms with Crippen molar-refractivity contribution in [1.82, 2.24) is 0 Å². The lowest BCUT2D eigenvalue weighted by Gasteiger charge is -2.37. The molecule has 1 saturated carbocycles. The van der Waals surface area contributed by atoms with Crippen molar-refractivity contribution in [2.24, 2.45) is 17.3 Å². The Labute approximate surface area is 128 Å². The summed E-state index contributed by atoms with van der Waals surface area (Å²) in [4.78, 5) is -0.0253. The fraction of sp³-hybridized carbons (Fsp3) is 0.647. The van der Waals surface area contributed by atoms with E-state index in [1.54, 1.807) is 0 Å². The number of hydrogen-bond donors (Lipinski definition) is 1. The van der Waals surface area contributed by atoms with Crippen LogP contribution in [-0.2, 0) is 16.5 Å². The molecule has 0 atom stereocenters. The van der Waals surface area contributed by atoms with Crippen molar-refractivity contribution < 1.29 is 13.0 Å². The minimum atomic E-state index is -4.08. The molecule has 0 bridgehead atoms. The molecule has 3 nitrogen and oxygen atoms in total. The van der Waals surface area contributed by atoms with E-state index in [1.165, 1.54) is 37.8 Å². The molecule has 1 aliphatic rings. The summed E-state index contributed by atoms with van der Waals surface area (Å²) >= 11 is 0. The van der Waals surface area contributed by atoms with Gasteiger partial charge in [-0.3, -0.25) is 4.55 Å². The van der Waals surface area contributed by atoms with Crippen LogP contribution < -0.4 is 0 Å². The van der Waals surface area contributed by atoms with Gasteiger partial charge in [0.25, 0.3) is 10.1 Å². The molecule has 1 N–H and O–H groups in total. The molecule has 1 aliphatic carbocycles. The van der Waals surface area contributed by atoms with Gasteiger partial charge in [-0.25, -0.2) is 0 Å². The van der Waals surface area contributed by atoms with Crippen molar-refractivity contribution in [2.45, 2.75) is 57.8 Å². The molecule has 4 heteroatoms. The van der Waals surface area contributed by atoms with Crippen molar-refractivity contribution in [1.29, 1.82) is 0 Å². The maximum atomic E-state index is 11.0. The molecule has 0 aromatic heterocycles. The Morgan fingerprint density at radius 2 is 1.57 bits per heavy atom. The lowest BCUT2D eigenvalue weighted by atomic mass is 9.69. The molecule has 118 valence electrons. The maximum Gasteiger partial charge on any atom is 0.294 e. The predicted molar refractivity (Wildman–Crippen MR) is 84.9 cm³/mol. The highest BCUT2D eigenvalue weighted by molar-refractivity contribution is 7.85. The summed E-state index contributed by atoms with van der Waals surface area (Å²) in [5, 5.41) is 0. The molecule has 0 heterocycles. The van der Waals surface area contributed by atoms with Crippen LogP contribution in [0.1, 0.15) is 52.0 Å². The van der Waals surface area contributed by atoms with E-state index in [2.05, 4.69) is 20.8 Å². The van der Waals surface area contributed by atoms with Gasteiger partial charge in [0, 0.05) is 0 Å². The summed E-state index contributed by atoms with van der Waals surface area (Å²) in [6.45, 7) is 6.98. The lowest BCUT2D eigenvalue weighted by Crippen LogP contribution is -2.26. The normalized spacial score (nSPS) is 24.0. The van der Waals surface area contributed by atoms with Crippen LogP contribution in [0.2, 0.25) is 0 Å². The van der Waals surface area contributed by atoms with Crippen LogP contribution in [0.4, 0.5) is 0 Å². The van der Waals surface area contributed by atoms with Gasteiger partial charge in [0.2, 0.25) is 0 Å². The van der Waals surface area contributed by atoms with Gasteiger partial charge < -0.3 is 0 Å². The van der Waals surface area contributed by atoms with Crippen LogP contribution in [0.5, 0.6) is 0 Å². The predicted octanol–water partition coefficient (Wildman–Crippen LogP) is 4.33. The third-order valence-electron chi connectivity index (χ3n) is 4.82. The van der Waals surface area contributed by atoms with E-state index in [0.29, 0.717) is 11.3 Å². The molecular weight excluding hydrogens is 284 g/mol.